The van der Waals surface area contributed by atoms with Crippen LogP contribution in [0.5, 0.6) is 5.75 Å². The van der Waals surface area contributed by atoms with Gasteiger partial charge in [0.05, 0.1) is 16.8 Å². The van der Waals surface area contributed by atoms with Crippen LogP contribution in [0.1, 0.15) is 38.4 Å². The van der Waals surface area contributed by atoms with Crippen molar-refractivity contribution in [3.63, 3.8) is 0 Å². The van der Waals surface area contributed by atoms with Crippen LogP contribution in [0, 0.1) is 0 Å². The van der Waals surface area contributed by atoms with Crippen molar-refractivity contribution in [2.45, 2.75) is 19.4 Å². The van der Waals surface area contributed by atoms with E-state index in [0.717, 1.165) is 11.1 Å². The van der Waals surface area contributed by atoms with Crippen LogP contribution in [-0.4, -0.2) is 45.2 Å². The smallest absolute Gasteiger partial charge is 0.272 e. The van der Waals surface area contributed by atoms with Crippen LogP contribution in [0.4, 0.5) is 17.1 Å². The molecule has 0 atom stereocenters. The summed E-state index contributed by atoms with van der Waals surface area (Å²) in [5, 5.41) is 11.2. The number of hydrogen-bond donors (Lipinski definition) is 5. The molecule has 0 spiro atoms. The number of aromatic amines is 1. The zero-order valence-electron chi connectivity index (χ0n) is 19.9. The highest BCUT2D eigenvalue weighted by Gasteiger charge is 2.21. The molecule has 4 heterocycles. The van der Waals surface area contributed by atoms with Crippen molar-refractivity contribution in [1.29, 1.82) is 0 Å². The Balaban J connectivity index is 1.18. The molecule has 12 heteroatoms. The summed E-state index contributed by atoms with van der Waals surface area (Å²) in [7, 11) is 0. The molecule has 6 rings (SSSR count). The number of H-pyrrole nitrogens is 1. The van der Waals surface area contributed by atoms with Crippen molar-refractivity contribution < 1.29 is 23.9 Å². The van der Waals surface area contributed by atoms with Gasteiger partial charge in [0.15, 0.2) is 12.3 Å². The maximum atomic E-state index is 13.0. The molecule has 0 saturated carbocycles. The number of carbonyl (C=O) groups excluding carboxylic acids is 4. The number of aromatic nitrogens is 3. The fraction of sp³-hybridized carbons (Fsp3) is 0.154. The number of anilines is 3. The maximum Gasteiger partial charge on any atom is 0.272 e. The van der Waals surface area contributed by atoms with E-state index in [1.807, 2.05) is 6.07 Å². The minimum Gasteiger partial charge on any atom is -0.482 e. The third kappa shape index (κ3) is 4.39. The van der Waals surface area contributed by atoms with E-state index < -0.39 is 11.8 Å². The number of nitrogens with one attached hydrogen (secondary N) is 5. The van der Waals surface area contributed by atoms with Gasteiger partial charge < -0.3 is 31.0 Å². The van der Waals surface area contributed by atoms with Gasteiger partial charge in [-0.2, -0.15) is 0 Å². The molecule has 0 saturated heterocycles. The molecule has 2 aromatic heterocycles. The largest absolute Gasteiger partial charge is 0.482 e. The van der Waals surface area contributed by atoms with Crippen molar-refractivity contribution >= 4 is 51.7 Å². The number of nitrogens with zero attached hydrogens (tertiary/aromatic N) is 2. The first-order chi connectivity index (χ1) is 18.4. The summed E-state index contributed by atoms with van der Waals surface area (Å²) in [5.74, 6) is -0.634. The van der Waals surface area contributed by atoms with Gasteiger partial charge in [0.1, 0.15) is 17.6 Å². The highest BCUT2D eigenvalue weighted by atomic mass is 16.5. The van der Waals surface area contributed by atoms with Gasteiger partial charge in [0.2, 0.25) is 5.91 Å². The van der Waals surface area contributed by atoms with E-state index in [2.05, 4.69) is 36.2 Å². The first-order valence-electron chi connectivity index (χ1n) is 11.8. The molecule has 4 amide bonds. The second kappa shape index (κ2) is 9.32. The number of carbonyl (C=O) groups is 4. The maximum absolute atomic E-state index is 13.0. The Morgan fingerprint density at radius 1 is 0.947 bits per heavy atom. The highest BCUT2D eigenvalue weighted by Crippen LogP contribution is 2.29. The van der Waals surface area contributed by atoms with Crippen LogP contribution in [0.25, 0.3) is 11.0 Å². The zero-order valence-corrected chi connectivity index (χ0v) is 19.9. The Bertz CT molecular complexity index is 1640. The number of hydrogen-bond acceptors (Lipinski definition) is 7. The standard InChI is InChI=1S/C26H21N7O5/c34-20-6-3-14-2-4-15(8-17(14)32-20)31-25(36)16-10-27-23-22(16)29-12-30-24(23)26(37)28-9-13-1-5-19-18(7-13)33-21(35)11-38-19/h1-2,4-5,7-8,10,12,27H,3,6,9,11H2,(H,28,37)(H,31,36)(H,32,34)(H,33,35). The van der Waals surface area contributed by atoms with Crippen molar-refractivity contribution in [2.75, 3.05) is 22.6 Å². The second-order valence-electron chi connectivity index (χ2n) is 8.87. The molecule has 4 aromatic rings. The molecule has 12 nitrogen and oxygen atoms in total. The van der Waals surface area contributed by atoms with Crippen LogP contribution < -0.4 is 26.0 Å². The molecule has 5 N–H and O–H groups in total. The highest BCUT2D eigenvalue weighted by molar-refractivity contribution is 6.14. The van der Waals surface area contributed by atoms with E-state index in [-0.39, 0.29) is 36.2 Å². The average molecular weight is 511 g/mol. The van der Waals surface area contributed by atoms with Gasteiger partial charge in [-0.1, -0.05) is 12.1 Å². The molecule has 38 heavy (non-hydrogen) atoms. The molecule has 2 aliphatic rings. The Hall–Kier alpha value is -5.26. The predicted molar refractivity (Wildman–Crippen MR) is 137 cm³/mol. The number of ether oxygens (including phenoxy) is 1. The fourth-order valence-electron chi connectivity index (χ4n) is 4.44. The topological polar surface area (TPSA) is 167 Å². The van der Waals surface area contributed by atoms with Gasteiger partial charge >= 0.3 is 0 Å². The normalized spacial score (nSPS) is 14.0. The minimum absolute atomic E-state index is 0.0332. The van der Waals surface area contributed by atoms with Crippen LogP contribution >= 0.6 is 0 Å². The number of benzene rings is 2. The van der Waals surface area contributed by atoms with Crippen molar-refractivity contribution in [3.8, 4) is 5.75 Å². The Morgan fingerprint density at radius 2 is 1.82 bits per heavy atom. The average Bonchev–Trinajstić information content (AvgIpc) is 3.36. The fourth-order valence-corrected chi connectivity index (χ4v) is 4.44. The van der Waals surface area contributed by atoms with Crippen LogP contribution in [-0.2, 0) is 22.6 Å². The van der Waals surface area contributed by atoms with Crippen molar-refractivity contribution in [3.05, 3.63) is 71.3 Å². The van der Waals surface area contributed by atoms with Crippen molar-refractivity contribution in [1.82, 2.24) is 20.3 Å². The summed E-state index contributed by atoms with van der Waals surface area (Å²) in [6.07, 6.45) is 3.78. The van der Waals surface area contributed by atoms with E-state index in [0.29, 0.717) is 46.7 Å². The van der Waals surface area contributed by atoms with E-state index in [4.69, 9.17) is 4.74 Å². The molecule has 0 radical (unpaired) electrons. The molecular weight excluding hydrogens is 490 g/mol. The summed E-state index contributed by atoms with van der Waals surface area (Å²) in [4.78, 5) is 60.5. The monoisotopic (exact) mass is 511 g/mol. The lowest BCUT2D eigenvalue weighted by Gasteiger charge is -2.18. The summed E-state index contributed by atoms with van der Waals surface area (Å²) in [6.45, 7) is 0.144. The van der Waals surface area contributed by atoms with Crippen LogP contribution in [0.2, 0.25) is 0 Å². The summed E-state index contributed by atoms with van der Waals surface area (Å²) in [5.41, 5.74) is 4.42. The first-order valence-corrected chi connectivity index (χ1v) is 11.8. The summed E-state index contributed by atoms with van der Waals surface area (Å²) >= 11 is 0. The number of fused-ring (bicyclic) bond motifs is 3. The first kappa shape index (κ1) is 23.2. The Morgan fingerprint density at radius 3 is 2.71 bits per heavy atom. The van der Waals surface area contributed by atoms with Gasteiger partial charge in [-0.3, -0.25) is 19.2 Å². The lowest BCUT2D eigenvalue weighted by Crippen LogP contribution is -2.26. The SMILES string of the molecule is O=C1CCc2ccc(NC(=O)c3c[nH]c4c(C(=O)NCc5ccc6c(c5)NC(=O)CO6)ncnc34)cc2N1. The van der Waals surface area contributed by atoms with Crippen LogP contribution in [0.3, 0.4) is 0 Å². The van der Waals surface area contributed by atoms with Gasteiger partial charge in [-0.15, -0.1) is 0 Å². The molecule has 0 fully saturated rings. The van der Waals surface area contributed by atoms with Gasteiger partial charge in [0.25, 0.3) is 17.7 Å². The van der Waals surface area contributed by atoms with Gasteiger partial charge in [0, 0.05) is 30.5 Å². The molecule has 2 aromatic carbocycles. The molecule has 0 bridgehead atoms. The Kier molecular flexibility index (Phi) is 5.68. The van der Waals surface area contributed by atoms with Crippen molar-refractivity contribution in [2.24, 2.45) is 0 Å². The zero-order chi connectivity index (χ0) is 26.2. The summed E-state index contributed by atoms with van der Waals surface area (Å²) < 4.78 is 5.35. The number of rotatable bonds is 5. The molecule has 2 aliphatic heterocycles. The number of amides is 4. The van der Waals surface area contributed by atoms with E-state index in [1.165, 1.54) is 12.5 Å². The van der Waals surface area contributed by atoms with E-state index in [9.17, 15) is 19.2 Å². The Labute approximate surface area is 215 Å². The second-order valence-corrected chi connectivity index (χ2v) is 8.87. The van der Waals surface area contributed by atoms with Gasteiger partial charge in [-0.05, 0) is 41.8 Å². The predicted octanol–water partition coefficient (Wildman–Crippen LogP) is 2.36. The number of aryl methyl sites for hydroxylation is 1. The molecule has 0 unspecified atom stereocenters. The lowest BCUT2D eigenvalue weighted by molar-refractivity contribution is -0.118. The molecule has 0 aliphatic carbocycles. The molecule has 190 valence electrons. The quantitative estimate of drug-likeness (QED) is 0.274. The lowest BCUT2D eigenvalue weighted by atomic mass is 10.0. The molecular formula is C26H21N7O5. The van der Waals surface area contributed by atoms with E-state index in [1.54, 1.807) is 30.3 Å². The third-order valence-corrected chi connectivity index (χ3v) is 6.32. The van der Waals surface area contributed by atoms with Gasteiger partial charge in [-0.25, -0.2) is 9.97 Å². The minimum atomic E-state index is -0.463. The third-order valence-electron chi connectivity index (χ3n) is 6.32. The van der Waals surface area contributed by atoms with E-state index >= 15 is 0 Å². The summed E-state index contributed by atoms with van der Waals surface area (Å²) in [6, 6.07) is 10.6. The van der Waals surface area contributed by atoms with Crippen LogP contribution in [0.15, 0.2) is 48.9 Å².